The molecular weight excluding hydrogens is 342 g/mol. The Labute approximate surface area is 142 Å². The summed E-state index contributed by atoms with van der Waals surface area (Å²) in [5.41, 5.74) is 0. The molecule has 1 fully saturated rings. The van der Waals surface area contributed by atoms with E-state index < -0.39 is 21.8 Å². The molecule has 1 saturated heterocycles. The molecule has 1 aromatic carbocycles. The van der Waals surface area contributed by atoms with Crippen molar-refractivity contribution < 1.29 is 23.1 Å². The van der Waals surface area contributed by atoms with Crippen LogP contribution < -0.4 is 4.74 Å². The number of piperidine rings is 1. The van der Waals surface area contributed by atoms with E-state index in [9.17, 15) is 18.3 Å². The zero-order valence-corrected chi connectivity index (χ0v) is 14.6. The summed E-state index contributed by atoms with van der Waals surface area (Å²) in [6, 6.07) is 5.81. The highest BCUT2D eigenvalue weighted by atomic mass is 35.5. The van der Waals surface area contributed by atoms with E-state index >= 15 is 0 Å². The highest BCUT2D eigenvalue weighted by molar-refractivity contribution is 7.90. The number of benzene rings is 1. The molecule has 0 spiro atoms. The van der Waals surface area contributed by atoms with E-state index in [1.165, 1.54) is 12.1 Å². The fourth-order valence-electron chi connectivity index (χ4n) is 2.60. The maximum absolute atomic E-state index is 11.4. The largest absolute Gasteiger partial charge is 0.492 e. The topological polar surface area (TPSA) is 83.9 Å². The molecule has 1 aliphatic rings. The van der Waals surface area contributed by atoms with Crippen molar-refractivity contribution in [3.05, 3.63) is 24.3 Å². The minimum atomic E-state index is -3.20. The molecule has 130 valence electrons. The predicted molar refractivity (Wildman–Crippen MR) is 89.1 cm³/mol. The standard InChI is InChI=1S/C15H21NO5S.ClH/c1-22(19,20)13-7-5-12(6-8-13)21-11-10-16-9-3-2-4-14(16)15(17)18;/h5-8,14H,2-4,9-11H2,1H3,(H,17,18);1H. The van der Waals surface area contributed by atoms with Gasteiger partial charge in [0.25, 0.3) is 0 Å². The van der Waals surface area contributed by atoms with Crippen molar-refractivity contribution in [2.45, 2.75) is 30.2 Å². The van der Waals surface area contributed by atoms with Crippen LogP contribution in [0.1, 0.15) is 19.3 Å². The number of hydrogen-bond acceptors (Lipinski definition) is 5. The molecule has 0 aromatic heterocycles. The monoisotopic (exact) mass is 363 g/mol. The molecule has 0 saturated carbocycles. The molecule has 2 rings (SSSR count). The SMILES string of the molecule is CS(=O)(=O)c1ccc(OCCN2CCCCC2C(=O)O)cc1.Cl. The number of likely N-dealkylation sites (tertiary alicyclic amines) is 1. The number of carbonyl (C=O) groups is 1. The summed E-state index contributed by atoms with van der Waals surface area (Å²) in [7, 11) is -3.20. The molecule has 6 nitrogen and oxygen atoms in total. The molecular formula is C15H22ClNO5S. The van der Waals surface area contributed by atoms with Gasteiger partial charge in [-0.2, -0.15) is 0 Å². The van der Waals surface area contributed by atoms with Crippen LogP contribution in [0.3, 0.4) is 0 Å². The number of carboxylic acid groups (broad SMARTS) is 1. The van der Waals surface area contributed by atoms with Crippen molar-refractivity contribution in [2.75, 3.05) is 26.0 Å². The highest BCUT2D eigenvalue weighted by Gasteiger charge is 2.27. The summed E-state index contributed by atoms with van der Waals surface area (Å²) in [5, 5.41) is 9.19. The van der Waals surface area contributed by atoms with Gasteiger partial charge in [-0.25, -0.2) is 8.42 Å². The third-order valence-electron chi connectivity index (χ3n) is 3.80. The zero-order chi connectivity index (χ0) is 16.2. The van der Waals surface area contributed by atoms with Crippen molar-refractivity contribution in [2.24, 2.45) is 0 Å². The van der Waals surface area contributed by atoms with Gasteiger partial charge < -0.3 is 9.84 Å². The molecule has 1 heterocycles. The minimum absolute atomic E-state index is 0. The Bertz CT molecular complexity index is 617. The van der Waals surface area contributed by atoms with Crippen LogP contribution in [0.4, 0.5) is 0 Å². The Kier molecular flexibility index (Phi) is 7.31. The minimum Gasteiger partial charge on any atom is -0.492 e. The summed E-state index contributed by atoms with van der Waals surface area (Å²) in [6.45, 7) is 1.69. The molecule has 1 aromatic rings. The second-order valence-electron chi connectivity index (χ2n) is 5.48. The van der Waals surface area contributed by atoms with Crippen LogP contribution in [0.15, 0.2) is 29.2 Å². The Morgan fingerprint density at radius 3 is 2.52 bits per heavy atom. The van der Waals surface area contributed by atoms with Gasteiger partial charge in [-0.15, -0.1) is 12.4 Å². The van der Waals surface area contributed by atoms with Gasteiger partial charge in [-0.3, -0.25) is 9.69 Å². The predicted octanol–water partition coefficient (Wildman–Crippen LogP) is 1.83. The molecule has 1 atom stereocenters. The number of halogens is 1. The molecule has 23 heavy (non-hydrogen) atoms. The first-order chi connectivity index (χ1) is 10.4. The Morgan fingerprint density at radius 2 is 1.96 bits per heavy atom. The normalized spacial score (nSPS) is 18.9. The fraction of sp³-hybridized carbons (Fsp3) is 0.533. The maximum atomic E-state index is 11.4. The maximum Gasteiger partial charge on any atom is 0.320 e. The summed E-state index contributed by atoms with van der Waals surface area (Å²) in [5.74, 6) is -0.200. The molecule has 0 aliphatic carbocycles. The first-order valence-electron chi connectivity index (χ1n) is 7.28. The summed E-state index contributed by atoms with van der Waals surface area (Å²) in [4.78, 5) is 13.4. The summed E-state index contributed by atoms with van der Waals surface area (Å²) >= 11 is 0. The van der Waals surface area contributed by atoms with Crippen LogP contribution in [0, 0.1) is 0 Å². The van der Waals surface area contributed by atoms with Crippen LogP contribution in [-0.2, 0) is 14.6 Å². The van der Waals surface area contributed by atoms with Gasteiger partial charge in [0, 0.05) is 12.8 Å². The molecule has 8 heteroatoms. The number of rotatable bonds is 6. The second kappa shape index (κ2) is 8.52. The Balaban J connectivity index is 0.00000264. The Hall–Kier alpha value is -1.31. The molecule has 0 amide bonds. The van der Waals surface area contributed by atoms with E-state index in [0.717, 1.165) is 25.6 Å². The van der Waals surface area contributed by atoms with Crippen molar-refractivity contribution in [1.29, 1.82) is 0 Å². The van der Waals surface area contributed by atoms with E-state index in [-0.39, 0.29) is 17.3 Å². The number of hydrogen-bond donors (Lipinski definition) is 1. The third kappa shape index (κ3) is 5.67. The van der Waals surface area contributed by atoms with Crippen LogP contribution in [0.25, 0.3) is 0 Å². The molecule has 1 aliphatic heterocycles. The number of ether oxygens (including phenoxy) is 1. The van der Waals surface area contributed by atoms with Gasteiger partial charge in [0.1, 0.15) is 18.4 Å². The summed E-state index contributed by atoms with van der Waals surface area (Å²) in [6.07, 6.45) is 3.79. The zero-order valence-electron chi connectivity index (χ0n) is 13.0. The highest BCUT2D eigenvalue weighted by Crippen LogP contribution is 2.18. The molecule has 1 N–H and O–H groups in total. The van der Waals surface area contributed by atoms with Crippen LogP contribution >= 0.6 is 12.4 Å². The Morgan fingerprint density at radius 1 is 1.30 bits per heavy atom. The fourth-order valence-corrected chi connectivity index (χ4v) is 3.23. The molecule has 0 radical (unpaired) electrons. The van der Waals surface area contributed by atoms with Gasteiger partial charge >= 0.3 is 5.97 Å². The van der Waals surface area contributed by atoms with Gasteiger partial charge in [-0.05, 0) is 43.7 Å². The van der Waals surface area contributed by atoms with E-state index in [1.807, 2.05) is 4.90 Å². The van der Waals surface area contributed by atoms with E-state index in [1.54, 1.807) is 12.1 Å². The lowest BCUT2D eigenvalue weighted by Crippen LogP contribution is -2.46. The van der Waals surface area contributed by atoms with Crippen molar-refractivity contribution in [3.8, 4) is 5.75 Å². The first kappa shape index (κ1) is 19.7. The van der Waals surface area contributed by atoms with Crippen molar-refractivity contribution in [1.82, 2.24) is 4.90 Å². The lowest BCUT2D eigenvalue weighted by molar-refractivity contribution is -0.144. The van der Waals surface area contributed by atoms with Crippen molar-refractivity contribution in [3.63, 3.8) is 0 Å². The lowest BCUT2D eigenvalue weighted by atomic mass is 10.0. The third-order valence-corrected chi connectivity index (χ3v) is 4.93. The smallest absolute Gasteiger partial charge is 0.320 e. The lowest BCUT2D eigenvalue weighted by Gasteiger charge is -2.32. The average Bonchev–Trinajstić information content (AvgIpc) is 2.47. The van der Waals surface area contributed by atoms with E-state index in [2.05, 4.69) is 0 Å². The quantitative estimate of drug-likeness (QED) is 0.830. The van der Waals surface area contributed by atoms with Crippen LogP contribution in [-0.4, -0.2) is 56.4 Å². The summed E-state index contributed by atoms with van der Waals surface area (Å²) < 4.78 is 28.3. The van der Waals surface area contributed by atoms with E-state index in [4.69, 9.17) is 4.74 Å². The van der Waals surface area contributed by atoms with Gasteiger partial charge in [0.2, 0.25) is 0 Å². The van der Waals surface area contributed by atoms with Crippen LogP contribution in [0.2, 0.25) is 0 Å². The van der Waals surface area contributed by atoms with Gasteiger partial charge in [0.05, 0.1) is 4.90 Å². The molecule has 1 unspecified atom stereocenters. The number of aliphatic carboxylic acids is 1. The van der Waals surface area contributed by atoms with Crippen molar-refractivity contribution >= 4 is 28.2 Å². The number of carboxylic acids is 1. The van der Waals surface area contributed by atoms with E-state index in [0.29, 0.717) is 25.3 Å². The molecule has 0 bridgehead atoms. The second-order valence-corrected chi connectivity index (χ2v) is 7.49. The van der Waals surface area contributed by atoms with Crippen LogP contribution in [0.5, 0.6) is 5.75 Å². The first-order valence-corrected chi connectivity index (χ1v) is 9.17. The average molecular weight is 364 g/mol. The number of nitrogens with zero attached hydrogens (tertiary/aromatic N) is 1. The number of sulfone groups is 1. The van der Waals surface area contributed by atoms with Gasteiger partial charge in [0.15, 0.2) is 9.84 Å². The van der Waals surface area contributed by atoms with Gasteiger partial charge in [-0.1, -0.05) is 6.42 Å².